The summed E-state index contributed by atoms with van der Waals surface area (Å²) in [5.74, 6) is 2.39. The summed E-state index contributed by atoms with van der Waals surface area (Å²) in [5, 5.41) is 10.6. The van der Waals surface area contributed by atoms with Gasteiger partial charge in [0.05, 0.1) is 11.6 Å². The lowest BCUT2D eigenvalue weighted by Crippen LogP contribution is -2.03. The molecule has 0 aliphatic carbocycles. The van der Waals surface area contributed by atoms with Gasteiger partial charge in [0, 0.05) is 22.9 Å². The molecule has 0 atom stereocenters. The molecule has 1 aromatic heterocycles. The van der Waals surface area contributed by atoms with Crippen molar-refractivity contribution in [2.24, 2.45) is 0 Å². The van der Waals surface area contributed by atoms with Crippen LogP contribution in [0.25, 0.3) is 11.4 Å². The van der Waals surface area contributed by atoms with Crippen LogP contribution in [0.1, 0.15) is 6.92 Å². The Balaban J connectivity index is 1.67. The molecule has 0 N–H and O–H groups in total. The minimum Gasteiger partial charge on any atom is -0.493 e. The Hall–Kier alpha value is -1.69. The van der Waals surface area contributed by atoms with Crippen LogP contribution in [0.15, 0.2) is 53.7 Å². The molecule has 0 aliphatic heterocycles. The number of halogens is 2. The van der Waals surface area contributed by atoms with Crippen LogP contribution in [0.2, 0.25) is 10.0 Å². The van der Waals surface area contributed by atoms with Crippen molar-refractivity contribution in [3.63, 3.8) is 0 Å². The van der Waals surface area contributed by atoms with Gasteiger partial charge in [-0.15, -0.1) is 10.2 Å². The Morgan fingerprint density at radius 1 is 1.08 bits per heavy atom. The van der Waals surface area contributed by atoms with Gasteiger partial charge >= 0.3 is 0 Å². The highest BCUT2D eigenvalue weighted by Gasteiger charge is 2.15. The molecule has 0 radical (unpaired) electrons. The van der Waals surface area contributed by atoms with Gasteiger partial charge in [0.2, 0.25) is 0 Å². The normalized spacial score (nSPS) is 10.8. The number of hydrogen-bond donors (Lipinski definition) is 0. The summed E-state index contributed by atoms with van der Waals surface area (Å²) in [6, 6.07) is 15.2. The molecule has 0 bridgehead atoms. The summed E-state index contributed by atoms with van der Waals surface area (Å²) in [4.78, 5) is 0. The molecule has 0 saturated carbocycles. The van der Waals surface area contributed by atoms with Gasteiger partial charge in [-0.25, -0.2) is 0 Å². The van der Waals surface area contributed by atoms with E-state index in [1.54, 1.807) is 23.9 Å². The van der Waals surface area contributed by atoms with E-state index in [-0.39, 0.29) is 0 Å². The maximum absolute atomic E-state index is 6.30. The monoisotopic (exact) mass is 393 g/mol. The van der Waals surface area contributed by atoms with Gasteiger partial charge in [-0.3, -0.25) is 0 Å². The quantitative estimate of drug-likeness (QED) is 0.395. The van der Waals surface area contributed by atoms with Gasteiger partial charge in [0.15, 0.2) is 11.0 Å². The fourth-order valence-electron chi connectivity index (χ4n) is 2.36. The predicted molar refractivity (Wildman–Crippen MR) is 104 cm³/mol. The van der Waals surface area contributed by atoms with Crippen LogP contribution < -0.4 is 4.74 Å². The van der Waals surface area contributed by atoms with Gasteiger partial charge < -0.3 is 9.30 Å². The van der Waals surface area contributed by atoms with Crippen LogP contribution >= 0.6 is 35.0 Å². The van der Waals surface area contributed by atoms with E-state index in [1.165, 1.54) is 0 Å². The number of benzene rings is 2. The first-order valence-corrected chi connectivity index (χ1v) is 9.62. The molecule has 3 rings (SSSR count). The van der Waals surface area contributed by atoms with E-state index in [0.717, 1.165) is 34.6 Å². The fraction of sp³-hybridized carbons (Fsp3) is 0.222. The smallest absolute Gasteiger partial charge is 0.191 e. The zero-order valence-corrected chi connectivity index (χ0v) is 16.0. The van der Waals surface area contributed by atoms with Crippen LogP contribution in [-0.4, -0.2) is 27.1 Å². The lowest BCUT2D eigenvalue weighted by Gasteiger charge is -2.09. The number of hydrogen-bond acceptors (Lipinski definition) is 4. The van der Waals surface area contributed by atoms with Crippen molar-refractivity contribution in [2.45, 2.75) is 18.6 Å². The Morgan fingerprint density at radius 3 is 2.60 bits per heavy atom. The molecule has 0 amide bonds. The largest absolute Gasteiger partial charge is 0.493 e. The van der Waals surface area contributed by atoms with Crippen molar-refractivity contribution < 1.29 is 4.74 Å². The molecule has 0 aliphatic rings. The highest BCUT2D eigenvalue weighted by molar-refractivity contribution is 7.99. The van der Waals surface area contributed by atoms with Crippen molar-refractivity contribution in [1.82, 2.24) is 14.8 Å². The molecule has 7 heteroatoms. The molecular formula is C18H17Cl2N3OS. The van der Waals surface area contributed by atoms with Crippen LogP contribution in [-0.2, 0) is 6.54 Å². The Kier molecular flexibility index (Phi) is 6.24. The average Bonchev–Trinajstić information content (AvgIpc) is 3.02. The van der Waals surface area contributed by atoms with Gasteiger partial charge in [-0.1, -0.05) is 53.2 Å². The molecule has 2 aromatic carbocycles. The molecule has 0 spiro atoms. The first-order chi connectivity index (χ1) is 12.2. The fourth-order valence-corrected chi connectivity index (χ4v) is 3.67. The van der Waals surface area contributed by atoms with Crippen molar-refractivity contribution in [2.75, 3.05) is 12.4 Å². The number of rotatable bonds is 7. The summed E-state index contributed by atoms with van der Waals surface area (Å²) in [7, 11) is 0. The minimum absolute atomic E-state index is 0.568. The van der Waals surface area contributed by atoms with Gasteiger partial charge in [-0.05, 0) is 37.3 Å². The molecule has 0 saturated heterocycles. The standard InChI is InChI=1S/C18H17Cl2N3OS/c1-2-23-17(15-9-8-13(19)12-16(15)20)21-22-18(23)25-11-10-24-14-6-4-3-5-7-14/h3-9,12H,2,10-11H2,1H3. The summed E-state index contributed by atoms with van der Waals surface area (Å²) in [6.45, 7) is 3.41. The summed E-state index contributed by atoms with van der Waals surface area (Å²) < 4.78 is 7.75. The Labute approximate surface area is 161 Å². The molecular weight excluding hydrogens is 377 g/mol. The summed E-state index contributed by atoms with van der Waals surface area (Å²) in [6.07, 6.45) is 0. The molecule has 1 heterocycles. The molecule has 4 nitrogen and oxygen atoms in total. The molecule has 130 valence electrons. The van der Waals surface area contributed by atoms with E-state index in [2.05, 4.69) is 17.1 Å². The highest BCUT2D eigenvalue weighted by Crippen LogP contribution is 2.31. The number of thioether (sulfide) groups is 1. The van der Waals surface area contributed by atoms with Crippen molar-refractivity contribution in [3.8, 4) is 17.1 Å². The maximum Gasteiger partial charge on any atom is 0.191 e. The topological polar surface area (TPSA) is 39.9 Å². The molecule has 3 aromatic rings. The molecule has 25 heavy (non-hydrogen) atoms. The molecule has 0 unspecified atom stereocenters. The lowest BCUT2D eigenvalue weighted by atomic mass is 10.2. The van der Waals surface area contributed by atoms with Gasteiger partial charge in [-0.2, -0.15) is 0 Å². The second kappa shape index (κ2) is 8.61. The van der Waals surface area contributed by atoms with Crippen LogP contribution in [0.3, 0.4) is 0 Å². The van der Waals surface area contributed by atoms with E-state index in [1.807, 2.05) is 41.0 Å². The number of nitrogens with zero attached hydrogens (tertiary/aromatic N) is 3. The zero-order chi connectivity index (χ0) is 17.6. The summed E-state index contributed by atoms with van der Waals surface area (Å²) >= 11 is 13.9. The number of para-hydroxylation sites is 1. The van der Waals surface area contributed by atoms with E-state index < -0.39 is 0 Å². The van der Waals surface area contributed by atoms with Crippen LogP contribution in [0.5, 0.6) is 5.75 Å². The van der Waals surface area contributed by atoms with E-state index >= 15 is 0 Å². The van der Waals surface area contributed by atoms with Crippen molar-refractivity contribution in [3.05, 3.63) is 58.6 Å². The summed E-state index contributed by atoms with van der Waals surface area (Å²) in [5.41, 5.74) is 0.827. The van der Waals surface area contributed by atoms with Crippen LogP contribution in [0.4, 0.5) is 0 Å². The molecule has 0 fully saturated rings. The van der Waals surface area contributed by atoms with Gasteiger partial charge in [0.1, 0.15) is 5.75 Å². The van der Waals surface area contributed by atoms with Gasteiger partial charge in [0.25, 0.3) is 0 Å². The minimum atomic E-state index is 0.568. The maximum atomic E-state index is 6.30. The Morgan fingerprint density at radius 2 is 1.88 bits per heavy atom. The number of aromatic nitrogens is 3. The average molecular weight is 394 g/mol. The SMILES string of the molecule is CCn1c(SCCOc2ccccc2)nnc1-c1ccc(Cl)cc1Cl. The predicted octanol–water partition coefficient (Wildman–Crippen LogP) is 5.44. The second-order valence-corrected chi connectivity index (χ2v) is 7.09. The van der Waals surface area contributed by atoms with E-state index in [4.69, 9.17) is 27.9 Å². The first kappa shape index (κ1) is 18.1. The third kappa shape index (κ3) is 4.48. The third-order valence-corrected chi connectivity index (χ3v) is 5.01. The lowest BCUT2D eigenvalue weighted by molar-refractivity contribution is 0.344. The van der Waals surface area contributed by atoms with Crippen LogP contribution in [0, 0.1) is 0 Å². The van der Waals surface area contributed by atoms with E-state index in [9.17, 15) is 0 Å². The zero-order valence-electron chi connectivity index (χ0n) is 13.7. The second-order valence-electron chi connectivity index (χ2n) is 5.18. The highest BCUT2D eigenvalue weighted by atomic mass is 35.5. The van der Waals surface area contributed by atoms with Crippen molar-refractivity contribution >= 4 is 35.0 Å². The Bertz CT molecular complexity index is 840. The third-order valence-electron chi connectivity index (χ3n) is 3.53. The van der Waals surface area contributed by atoms with E-state index in [0.29, 0.717) is 16.7 Å². The van der Waals surface area contributed by atoms with Crippen molar-refractivity contribution in [1.29, 1.82) is 0 Å². The first-order valence-electron chi connectivity index (χ1n) is 7.88. The number of ether oxygens (including phenoxy) is 1.